The summed E-state index contributed by atoms with van der Waals surface area (Å²) in [5.41, 5.74) is 0. The highest BCUT2D eigenvalue weighted by molar-refractivity contribution is 4.73. The molecular weight excluding hydrogens is 146 g/mol. The highest BCUT2D eigenvalue weighted by Gasteiger charge is 2.15. The van der Waals surface area contributed by atoms with Crippen LogP contribution in [0.4, 0.5) is 0 Å². The van der Waals surface area contributed by atoms with Crippen molar-refractivity contribution in [2.45, 2.75) is 59.4 Å². The topological polar surface area (TPSA) is 12.0 Å². The summed E-state index contributed by atoms with van der Waals surface area (Å²) < 4.78 is 0. The van der Waals surface area contributed by atoms with Crippen LogP contribution in [0.15, 0.2) is 0 Å². The first-order chi connectivity index (χ1) is 5.79. The fourth-order valence-electron chi connectivity index (χ4n) is 1.97. The zero-order chi connectivity index (χ0) is 9.40. The molecule has 12 heavy (non-hydrogen) atoms. The van der Waals surface area contributed by atoms with Crippen LogP contribution in [0.25, 0.3) is 0 Å². The first-order valence-electron chi connectivity index (χ1n) is 5.53. The van der Waals surface area contributed by atoms with Gasteiger partial charge in [0.1, 0.15) is 0 Å². The van der Waals surface area contributed by atoms with Crippen LogP contribution in [0.3, 0.4) is 0 Å². The molecule has 0 rings (SSSR count). The molecule has 0 spiro atoms. The van der Waals surface area contributed by atoms with Crippen molar-refractivity contribution >= 4 is 0 Å². The average Bonchev–Trinajstić information content (AvgIpc) is 2.11. The molecule has 0 amide bonds. The van der Waals surface area contributed by atoms with E-state index < -0.39 is 0 Å². The van der Waals surface area contributed by atoms with Crippen LogP contribution in [-0.4, -0.2) is 12.6 Å². The molecule has 0 saturated carbocycles. The third-order valence-electron chi connectivity index (χ3n) is 2.66. The summed E-state index contributed by atoms with van der Waals surface area (Å²) in [5.74, 6) is 0.889. The Balaban J connectivity index is 3.84. The van der Waals surface area contributed by atoms with Gasteiger partial charge in [-0.3, -0.25) is 0 Å². The molecular formula is C11H25N. The normalized spacial score (nSPS) is 16.0. The van der Waals surface area contributed by atoms with Gasteiger partial charge in [0, 0.05) is 6.04 Å². The second-order valence-electron chi connectivity index (χ2n) is 3.53. The van der Waals surface area contributed by atoms with Crippen molar-refractivity contribution in [2.24, 2.45) is 5.92 Å². The van der Waals surface area contributed by atoms with Gasteiger partial charge >= 0.3 is 0 Å². The molecule has 2 unspecified atom stereocenters. The fourth-order valence-corrected chi connectivity index (χ4v) is 1.97. The van der Waals surface area contributed by atoms with Crippen molar-refractivity contribution in [3.63, 3.8) is 0 Å². The molecule has 0 bridgehead atoms. The summed E-state index contributed by atoms with van der Waals surface area (Å²) in [7, 11) is 0. The second kappa shape index (κ2) is 7.60. The number of rotatable bonds is 7. The van der Waals surface area contributed by atoms with E-state index in [0.717, 1.165) is 18.5 Å². The van der Waals surface area contributed by atoms with Gasteiger partial charge in [-0.05, 0) is 25.3 Å². The molecule has 0 aliphatic heterocycles. The Labute approximate surface area is 77.9 Å². The van der Waals surface area contributed by atoms with Crippen LogP contribution in [0.1, 0.15) is 53.4 Å². The lowest BCUT2D eigenvalue weighted by Crippen LogP contribution is -2.35. The van der Waals surface area contributed by atoms with Crippen LogP contribution in [0.5, 0.6) is 0 Å². The van der Waals surface area contributed by atoms with Gasteiger partial charge in [0.2, 0.25) is 0 Å². The van der Waals surface area contributed by atoms with Crippen molar-refractivity contribution in [3.8, 4) is 0 Å². The van der Waals surface area contributed by atoms with Gasteiger partial charge in [-0.25, -0.2) is 0 Å². The first-order valence-corrected chi connectivity index (χ1v) is 5.53. The minimum absolute atomic E-state index is 0.750. The summed E-state index contributed by atoms with van der Waals surface area (Å²) in [4.78, 5) is 0. The molecule has 0 aromatic rings. The predicted molar refractivity (Wildman–Crippen MR) is 56.4 cm³/mol. The molecule has 1 heteroatoms. The molecule has 1 nitrogen and oxygen atoms in total. The van der Waals surface area contributed by atoms with Gasteiger partial charge in [-0.2, -0.15) is 0 Å². The summed E-state index contributed by atoms with van der Waals surface area (Å²) in [6, 6.07) is 0.750. The Morgan fingerprint density at radius 3 is 2.00 bits per heavy atom. The minimum atomic E-state index is 0.750. The Bertz CT molecular complexity index is 79.0. The molecule has 0 aromatic heterocycles. The molecule has 0 radical (unpaired) electrons. The quantitative estimate of drug-likeness (QED) is 0.620. The second-order valence-corrected chi connectivity index (χ2v) is 3.53. The lowest BCUT2D eigenvalue weighted by Gasteiger charge is -2.25. The van der Waals surface area contributed by atoms with Crippen LogP contribution in [0, 0.1) is 5.92 Å². The molecule has 1 N–H and O–H groups in total. The third kappa shape index (κ3) is 4.10. The minimum Gasteiger partial charge on any atom is -0.314 e. The molecule has 74 valence electrons. The molecule has 0 aliphatic rings. The summed E-state index contributed by atoms with van der Waals surface area (Å²) in [5, 5.41) is 3.57. The van der Waals surface area contributed by atoms with E-state index in [4.69, 9.17) is 0 Å². The number of hydrogen-bond donors (Lipinski definition) is 1. The lowest BCUT2D eigenvalue weighted by molar-refractivity contribution is 0.319. The standard InChI is InChI=1S/C11H25N/c1-5-9-10(6-2)11(7-3)12-8-4/h10-12H,5-9H2,1-4H3. The molecule has 0 aromatic carbocycles. The van der Waals surface area contributed by atoms with Crippen LogP contribution in [-0.2, 0) is 0 Å². The smallest absolute Gasteiger partial charge is 0.00924 e. The maximum Gasteiger partial charge on any atom is 0.00924 e. The summed E-state index contributed by atoms with van der Waals surface area (Å²) >= 11 is 0. The fraction of sp³-hybridized carbons (Fsp3) is 1.00. The lowest BCUT2D eigenvalue weighted by atomic mass is 9.90. The van der Waals surface area contributed by atoms with Crippen molar-refractivity contribution < 1.29 is 0 Å². The molecule has 0 heterocycles. The largest absolute Gasteiger partial charge is 0.314 e. The van der Waals surface area contributed by atoms with Crippen molar-refractivity contribution in [2.75, 3.05) is 6.54 Å². The maximum absolute atomic E-state index is 3.57. The van der Waals surface area contributed by atoms with Crippen LogP contribution in [0.2, 0.25) is 0 Å². The highest BCUT2D eigenvalue weighted by Crippen LogP contribution is 2.17. The number of hydrogen-bond acceptors (Lipinski definition) is 1. The van der Waals surface area contributed by atoms with Gasteiger partial charge in [0.25, 0.3) is 0 Å². The molecule has 0 fully saturated rings. The average molecular weight is 171 g/mol. The van der Waals surface area contributed by atoms with Crippen molar-refractivity contribution in [1.29, 1.82) is 0 Å². The Morgan fingerprint density at radius 2 is 1.67 bits per heavy atom. The first kappa shape index (κ1) is 12.0. The molecule has 0 saturated heterocycles. The van der Waals surface area contributed by atoms with Gasteiger partial charge in [0.05, 0.1) is 0 Å². The van der Waals surface area contributed by atoms with Gasteiger partial charge in [-0.1, -0.05) is 40.5 Å². The van der Waals surface area contributed by atoms with Gasteiger partial charge in [0.15, 0.2) is 0 Å². The Morgan fingerprint density at radius 1 is 1.00 bits per heavy atom. The SMILES string of the molecule is CCCC(CC)C(CC)NCC. The number of nitrogens with one attached hydrogen (secondary N) is 1. The monoisotopic (exact) mass is 171 g/mol. The maximum atomic E-state index is 3.57. The van der Waals surface area contributed by atoms with Crippen molar-refractivity contribution in [1.82, 2.24) is 5.32 Å². The Kier molecular flexibility index (Phi) is 7.58. The van der Waals surface area contributed by atoms with E-state index in [0.29, 0.717) is 0 Å². The van der Waals surface area contributed by atoms with E-state index in [1.165, 1.54) is 25.7 Å². The van der Waals surface area contributed by atoms with E-state index >= 15 is 0 Å². The zero-order valence-corrected chi connectivity index (χ0v) is 9.19. The molecule has 2 atom stereocenters. The van der Waals surface area contributed by atoms with E-state index in [9.17, 15) is 0 Å². The predicted octanol–water partition coefficient (Wildman–Crippen LogP) is 3.20. The van der Waals surface area contributed by atoms with Gasteiger partial charge in [-0.15, -0.1) is 0 Å². The van der Waals surface area contributed by atoms with E-state index in [2.05, 4.69) is 33.0 Å². The summed E-state index contributed by atoms with van der Waals surface area (Å²) in [6.45, 7) is 10.2. The van der Waals surface area contributed by atoms with Crippen LogP contribution < -0.4 is 5.32 Å². The molecule has 0 aliphatic carbocycles. The van der Waals surface area contributed by atoms with E-state index in [-0.39, 0.29) is 0 Å². The van der Waals surface area contributed by atoms with E-state index in [1.54, 1.807) is 0 Å². The third-order valence-corrected chi connectivity index (χ3v) is 2.66. The van der Waals surface area contributed by atoms with Crippen LogP contribution >= 0.6 is 0 Å². The summed E-state index contributed by atoms with van der Waals surface area (Å²) in [6.07, 6.45) is 5.29. The van der Waals surface area contributed by atoms with E-state index in [1.807, 2.05) is 0 Å². The Hall–Kier alpha value is -0.0400. The van der Waals surface area contributed by atoms with Crippen molar-refractivity contribution in [3.05, 3.63) is 0 Å². The zero-order valence-electron chi connectivity index (χ0n) is 9.19. The highest BCUT2D eigenvalue weighted by atomic mass is 14.9. The van der Waals surface area contributed by atoms with Gasteiger partial charge < -0.3 is 5.32 Å².